The van der Waals surface area contributed by atoms with E-state index in [2.05, 4.69) is 0 Å². The minimum absolute atomic E-state index is 0.00861. The van der Waals surface area contributed by atoms with Gasteiger partial charge in [0.2, 0.25) is 0 Å². The number of carboxylic acid groups (broad SMARTS) is 1. The topological polar surface area (TPSA) is 63.3 Å². The number of aromatic carboxylic acids is 1. The van der Waals surface area contributed by atoms with Gasteiger partial charge in [-0.1, -0.05) is 12.1 Å². The van der Waals surface area contributed by atoms with Crippen LogP contribution in [0, 0.1) is 5.92 Å². The molecule has 0 aromatic heterocycles. The smallest absolute Gasteiger partial charge is 0.335 e. The van der Waals surface area contributed by atoms with Crippen LogP contribution in [0.1, 0.15) is 34.8 Å². The van der Waals surface area contributed by atoms with Crippen molar-refractivity contribution >= 4 is 5.97 Å². The monoisotopic (exact) mass is 191 g/mol. The van der Waals surface area contributed by atoms with Gasteiger partial charge in [0, 0.05) is 6.04 Å². The van der Waals surface area contributed by atoms with E-state index in [0.717, 1.165) is 5.56 Å². The molecule has 74 valence electrons. The first-order valence-electron chi connectivity index (χ1n) is 4.77. The summed E-state index contributed by atoms with van der Waals surface area (Å²) in [5.41, 5.74) is 7.23. The van der Waals surface area contributed by atoms with Gasteiger partial charge in [-0.3, -0.25) is 0 Å². The largest absolute Gasteiger partial charge is 0.478 e. The molecule has 1 atom stereocenters. The number of benzene rings is 1. The Morgan fingerprint density at radius 3 is 2.79 bits per heavy atom. The SMILES string of the molecule is N[C@@H](c1cccc(C(=O)O)c1)C1CC1. The number of carbonyl (C=O) groups is 1. The summed E-state index contributed by atoms with van der Waals surface area (Å²) in [6.07, 6.45) is 2.33. The highest BCUT2D eigenvalue weighted by atomic mass is 16.4. The average molecular weight is 191 g/mol. The third kappa shape index (κ3) is 1.77. The molecule has 0 amide bonds. The molecule has 3 heteroatoms. The van der Waals surface area contributed by atoms with E-state index in [0.29, 0.717) is 11.5 Å². The highest BCUT2D eigenvalue weighted by molar-refractivity contribution is 5.87. The van der Waals surface area contributed by atoms with Crippen molar-refractivity contribution in [3.8, 4) is 0 Å². The minimum Gasteiger partial charge on any atom is -0.478 e. The molecule has 1 aliphatic carbocycles. The van der Waals surface area contributed by atoms with Gasteiger partial charge in [-0.25, -0.2) is 4.79 Å². The lowest BCUT2D eigenvalue weighted by Gasteiger charge is -2.10. The summed E-state index contributed by atoms with van der Waals surface area (Å²) in [5, 5.41) is 8.80. The second-order valence-corrected chi connectivity index (χ2v) is 3.79. The number of hydrogen-bond acceptors (Lipinski definition) is 2. The lowest BCUT2D eigenvalue weighted by atomic mass is 10.0. The van der Waals surface area contributed by atoms with E-state index in [1.165, 1.54) is 12.8 Å². The third-order valence-electron chi connectivity index (χ3n) is 2.65. The Morgan fingerprint density at radius 2 is 2.21 bits per heavy atom. The fourth-order valence-corrected chi connectivity index (χ4v) is 1.61. The molecule has 1 aromatic rings. The predicted molar refractivity (Wildman–Crippen MR) is 53.1 cm³/mol. The molecular formula is C11H13NO2. The zero-order chi connectivity index (χ0) is 10.1. The van der Waals surface area contributed by atoms with Crippen molar-refractivity contribution in [2.45, 2.75) is 18.9 Å². The zero-order valence-electron chi connectivity index (χ0n) is 7.81. The molecule has 1 saturated carbocycles. The van der Waals surface area contributed by atoms with Crippen LogP contribution in [0.15, 0.2) is 24.3 Å². The highest BCUT2D eigenvalue weighted by Crippen LogP contribution is 2.39. The molecular weight excluding hydrogens is 178 g/mol. The van der Waals surface area contributed by atoms with E-state index in [9.17, 15) is 4.79 Å². The van der Waals surface area contributed by atoms with Crippen LogP contribution >= 0.6 is 0 Å². The van der Waals surface area contributed by atoms with Gasteiger partial charge < -0.3 is 10.8 Å². The summed E-state index contributed by atoms with van der Waals surface area (Å²) < 4.78 is 0. The van der Waals surface area contributed by atoms with Gasteiger partial charge in [-0.2, -0.15) is 0 Å². The van der Waals surface area contributed by atoms with Crippen LogP contribution in [0.5, 0.6) is 0 Å². The van der Waals surface area contributed by atoms with E-state index in [1.54, 1.807) is 18.2 Å². The fraction of sp³-hybridized carbons (Fsp3) is 0.364. The van der Waals surface area contributed by atoms with Gasteiger partial charge in [0.1, 0.15) is 0 Å². The van der Waals surface area contributed by atoms with E-state index in [-0.39, 0.29) is 6.04 Å². The van der Waals surface area contributed by atoms with Crippen molar-refractivity contribution in [1.29, 1.82) is 0 Å². The molecule has 3 N–H and O–H groups in total. The van der Waals surface area contributed by atoms with E-state index in [4.69, 9.17) is 10.8 Å². The van der Waals surface area contributed by atoms with Crippen molar-refractivity contribution in [3.05, 3.63) is 35.4 Å². The second-order valence-electron chi connectivity index (χ2n) is 3.79. The molecule has 3 nitrogen and oxygen atoms in total. The molecule has 0 unspecified atom stereocenters. The van der Waals surface area contributed by atoms with Gasteiger partial charge in [0.05, 0.1) is 5.56 Å². The molecule has 14 heavy (non-hydrogen) atoms. The van der Waals surface area contributed by atoms with Crippen LogP contribution in [0.3, 0.4) is 0 Å². The van der Waals surface area contributed by atoms with Crippen LogP contribution in [0.4, 0.5) is 0 Å². The van der Waals surface area contributed by atoms with E-state index < -0.39 is 5.97 Å². The third-order valence-corrected chi connectivity index (χ3v) is 2.65. The van der Waals surface area contributed by atoms with Gasteiger partial charge in [0.25, 0.3) is 0 Å². The minimum atomic E-state index is -0.894. The summed E-state index contributed by atoms with van der Waals surface area (Å²) in [7, 11) is 0. The zero-order valence-corrected chi connectivity index (χ0v) is 7.81. The van der Waals surface area contributed by atoms with E-state index in [1.807, 2.05) is 6.07 Å². The standard InChI is InChI=1S/C11H13NO2/c12-10(7-4-5-7)8-2-1-3-9(6-8)11(13)14/h1-3,6-7,10H,4-5,12H2,(H,13,14)/t10-/m1/s1. The molecule has 2 rings (SSSR count). The Kier molecular flexibility index (Phi) is 2.25. The molecule has 1 fully saturated rings. The maximum atomic E-state index is 10.7. The maximum Gasteiger partial charge on any atom is 0.335 e. The summed E-state index contributed by atoms with van der Waals surface area (Å²) in [6, 6.07) is 6.92. The first-order chi connectivity index (χ1) is 6.68. The second kappa shape index (κ2) is 3.42. The number of nitrogens with two attached hydrogens (primary N) is 1. The Labute approximate surface area is 82.5 Å². The molecule has 0 spiro atoms. The summed E-state index contributed by atoms with van der Waals surface area (Å²) in [4.78, 5) is 10.7. The normalized spacial score (nSPS) is 17.8. The Bertz CT molecular complexity index is 358. The summed E-state index contributed by atoms with van der Waals surface area (Å²) in [5.74, 6) is -0.339. The van der Waals surface area contributed by atoms with Crippen molar-refractivity contribution in [3.63, 3.8) is 0 Å². The van der Waals surface area contributed by atoms with Crippen LogP contribution in [-0.4, -0.2) is 11.1 Å². The lowest BCUT2D eigenvalue weighted by Crippen LogP contribution is -2.13. The average Bonchev–Trinajstić information content (AvgIpc) is 3.00. The lowest BCUT2D eigenvalue weighted by molar-refractivity contribution is 0.0696. The Balaban J connectivity index is 2.24. The molecule has 1 aromatic carbocycles. The van der Waals surface area contributed by atoms with E-state index >= 15 is 0 Å². The fourth-order valence-electron chi connectivity index (χ4n) is 1.61. The quantitative estimate of drug-likeness (QED) is 0.765. The maximum absolute atomic E-state index is 10.7. The van der Waals surface area contributed by atoms with Crippen molar-refractivity contribution < 1.29 is 9.90 Å². The van der Waals surface area contributed by atoms with Gasteiger partial charge in [-0.05, 0) is 36.5 Å². The van der Waals surface area contributed by atoms with Gasteiger partial charge >= 0.3 is 5.97 Å². The van der Waals surface area contributed by atoms with Crippen LogP contribution in [-0.2, 0) is 0 Å². The Hall–Kier alpha value is -1.35. The predicted octanol–water partition coefficient (Wildman–Crippen LogP) is 1.79. The van der Waals surface area contributed by atoms with Crippen molar-refractivity contribution in [2.75, 3.05) is 0 Å². The number of carboxylic acids is 1. The summed E-state index contributed by atoms with van der Waals surface area (Å²) >= 11 is 0. The van der Waals surface area contributed by atoms with Crippen LogP contribution in [0.2, 0.25) is 0 Å². The van der Waals surface area contributed by atoms with Crippen molar-refractivity contribution in [1.82, 2.24) is 0 Å². The Morgan fingerprint density at radius 1 is 1.50 bits per heavy atom. The number of hydrogen-bond donors (Lipinski definition) is 2. The molecule has 1 aliphatic rings. The highest BCUT2D eigenvalue weighted by Gasteiger charge is 2.29. The van der Waals surface area contributed by atoms with Crippen molar-refractivity contribution in [2.24, 2.45) is 11.7 Å². The van der Waals surface area contributed by atoms with Crippen LogP contribution in [0.25, 0.3) is 0 Å². The summed E-state index contributed by atoms with van der Waals surface area (Å²) in [6.45, 7) is 0. The van der Waals surface area contributed by atoms with Gasteiger partial charge in [0.15, 0.2) is 0 Å². The number of rotatable bonds is 3. The van der Waals surface area contributed by atoms with Crippen LogP contribution < -0.4 is 5.73 Å². The molecule has 0 aliphatic heterocycles. The first kappa shape index (κ1) is 9.21. The molecule has 0 heterocycles. The van der Waals surface area contributed by atoms with Gasteiger partial charge in [-0.15, -0.1) is 0 Å². The molecule has 0 radical (unpaired) electrons. The first-order valence-corrected chi connectivity index (χ1v) is 4.77. The molecule has 0 saturated heterocycles. The molecule has 0 bridgehead atoms.